The number of carbonyl (C=O) groups is 1. The average Bonchev–Trinajstić information content (AvgIpc) is 2.19. The highest BCUT2D eigenvalue weighted by Crippen LogP contribution is 2.17. The Hall–Kier alpha value is -1.56. The van der Waals surface area contributed by atoms with E-state index in [4.69, 9.17) is 5.73 Å². The Morgan fingerprint density at radius 1 is 1.25 bits per heavy atom. The molecule has 1 aromatic carbocycles. The van der Waals surface area contributed by atoms with Crippen LogP contribution in [0.25, 0.3) is 0 Å². The fraction of sp³-hybridized carbons (Fsp3) is 0.300. The second kappa shape index (κ2) is 3.79. The van der Waals surface area contributed by atoms with Crippen molar-refractivity contribution in [2.75, 3.05) is 13.1 Å². The Balaban J connectivity index is 2.24. The quantitative estimate of drug-likeness (QED) is 0.728. The minimum atomic E-state index is -1.57. The van der Waals surface area contributed by atoms with Gasteiger partial charge in [0.05, 0.1) is 0 Å². The zero-order valence-electron chi connectivity index (χ0n) is 8.21. The van der Waals surface area contributed by atoms with E-state index in [0.29, 0.717) is 25.2 Å². The monoisotopic (exact) mass is 230 g/mol. The number of hydrogen-bond acceptors (Lipinski definition) is 2. The van der Waals surface area contributed by atoms with E-state index in [1.54, 1.807) is 0 Å². The number of carbonyl (C=O) groups excluding carboxylic acids is 1. The standard InChI is InChI=1S/C10H9F3N2O/c11-7-1-5(2-8(12)9(7)13)10(16)15-3-6(14)4-15/h1-2,6H,3-4,14H2. The molecule has 16 heavy (non-hydrogen) atoms. The summed E-state index contributed by atoms with van der Waals surface area (Å²) >= 11 is 0. The van der Waals surface area contributed by atoms with Gasteiger partial charge in [0.25, 0.3) is 5.91 Å². The summed E-state index contributed by atoms with van der Waals surface area (Å²) in [5, 5.41) is 0. The number of nitrogens with zero attached hydrogens (tertiary/aromatic N) is 1. The molecule has 1 amide bonds. The van der Waals surface area contributed by atoms with Crippen molar-refractivity contribution >= 4 is 5.91 Å². The lowest BCUT2D eigenvalue weighted by atomic mass is 10.1. The number of amides is 1. The van der Waals surface area contributed by atoms with Gasteiger partial charge < -0.3 is 10.6 Å². The Labute approximate surface area is 89.6 Å². The topological polar surface area (TPSA) is 46.3 Å². The molecule has 0 atom stereocenters. The van der Waals surface area contributed by atoms with E-state index in [0.717, 1.165) is 0 Å². The van der Waals surface area contributed by atoms with Crippen molar-refractivity contribution in [3.8, 4) is 0 Å². The molecule has 6 heteroatoms. The minimum absolute atomic E-state index is 0.0981. The number of hydrogen-bond donors (Lipinski definition) is 1. The molecule has 0 spiro atoms. The molecule has 2 N–H and O–H groups in total. The number of halogens is 3. The first-order valence-corrected chi connectivity index (χ1v) is 4.68. The molecule has 1 fully saturated rings. The van der Waals surface area contributed by atoms with Gasteiger partial charge in [-0.15, -0.1) is 0 Å². The highest BCUT2D eigenvalue weighted by molar-refractivity contribution is 5.94. The molecular formula is C10H9F3N2O. The summed E-state index contributed by atoms with van der Waals surface area (Å²) in [5.41, 5.74) is 5.26. The van der Waals surface area contributed by atoms with Crippen LogP contribution in [0, 0.1) is 17.5 Å². The molecule has 1 saturated heterocycles. The van der Waals surface area contributed by atoms with Crippen LogP contribution in [0.15, 0.2) is 12.1 Å². The fourth-order valence-corrected chi connectivity index (χ4v) is 1.54. The number of nitrogens with two attached hydrogens (primary N) is 1. The zero-order valence-corrected chi connectivity index (χ0v) is 8.21. The normalized spacial score (nSPS) is 16.1. The van der Waals surface area contributed by atoms with Crippen molar-refractivity contribution in [1.82, 2.24) is 4.90 Å². The molecule has 0 aliphatic carbocycles. The van der Waals surface area contributed by atoms with E-state index in [2.05, 4.69) is 0 Å². The van der Waals surface area contributed by atoms with Crippen LogP contribution < -0.4 is 5.73 Å². The first-order valence-electron chi connectivity index (χ1n) is 4.68. The highest BCUT2D eigenvalue weighted by atomic mass is 19.2. The second-order valence-corrected chi connectivity index (χ2v) is 3.72. The molecule has 1 aliphatic rings. The Bertz CT molecular complexity index is 421. The highest BCUT2D eigenvalue weighted by Gasteiger charge is 2.29. The van der Waals surface area contributed by atoms with E-state index in [1.165, 1.54) is 4.90 Å². The molecule has 2 rings (SSSR count). The van der Waals surface area contributed by atoms with Crippen molar-refractivity contribution in [2.45, 2.75) is 6.04 Å². The van der Waals surface area contributed by atoms with E-state index >= 15 is 0 Å². The predicted molar refractivity (Wildman–Crippen MR) is 50.2 cm³/mol. The number of rotatable bonds is 1. The van der Waals surface area contributed by atoms with Crippen LogP contribution in [-0.4, -0.2) is 29.9 Å². The van der Waals surface area contributed by atoms with Crippen molar-refractivity contribution < 1.29 is 18.0 Å². The predicted octanol–water partition coefficient (Wildman–Crippen LogP) is 0.887. The van der Waals surface area contributed by atoms with Gasteiger partial charge in [-0.05, 0) is 12.1 Å². The summed E-state index contributed by atoms with van der Waals surface area (Å²) in [6.07, 6.45) is 0. The molecule has 1 aromatic rings. The van der Waals surface area contributed by atoms with E-state index in [9.17, 15) is 18.0 Å². The Kier molecular flexibility index (Phi) is 2.59. The maximum atomic E-state index is 12.9. The zero-order chi connectivity index (χ0) is 11.9. The van der Waals surface area contributed by atoms with Crippen LogP contribution in [0.5, 0.6) is 0 Å². The summed E-state index contributed by atoms with van der Waals surface area (Å²) in [6.45, 7) is 0.693. The smallest absolute Gasteiger partial charge is 0.254 e. The first-order chi connectivity index (χ1) is 7.49. The summed E-state index contributed by atoms with van der Waals surface area (Å²) in [4.78, 5) is 12.9. The van der Waals surface area contributed by atoms with Crippen molar-refractivity contribution in [2.24, 2.45) is 5.73 Å². The molecule has 0 saturated carbocycles. The van der Waals surface area contributed by atoms with Gasteiger partial charge in [-0.1, -0.05) is 0 Å². The summed E-state index contributed by atoms with van der Waals surface area (Å²) in [7, 11) is 0. The van der Waals surface area contributed by atoms with Gasteiger partial charge in [0.1, 0.15) is 0 Å². The number of benzene rings is 1. The molecule has 0 radical (unpaired) electrons. The van der Waals surface area contributed by atoms with E-state index < -0.39 is 23.4 Å². The third kappa shape index (κ3) is 1.76. The number of likely N-dealkylation sites (tertiary alicyclic amines) is 1. The van der Waals surface area contributed by atoms with E-state index in [1.807, 2.05) is 0 Å². The molecule has 1 heterocycles. The molecule has 0 unspecified atom stereocenters. The fourth-order valence-electron chi connectivity index (χ4n) is 1.54. The van der Waals surface area contributed by atoms with Crippen LogP contribution in [0.1, 0.15) is 10.4 Å². The summed E-state index contributed by atoms with van der Waals surface area (Å²) in [5.74, 6) is -4.85. The largest absolute Gasteiger partial charge is 0.335 e. The van der Waals surface area contributed by atoms with Gasteiger partial charge in [-0.2, -0.15) is 0 Å². The summed E-state index contributed by atoms with van der Waals surface area (Å²) in [6, 6.07) is 1.27. The maximum absolute atomic E-state index is 12.9. The van der Waals surface area contributed by atoms with E-state index in [-0.39, 0.29) is 11.6 Å². The van der Waals surface area contributed by atoms with Crippen molar-refractivity contribution in [1.29, 1.82) is 0 Å². The van der Waals surface area contributed by atoms with Crippen molar-refractivity contribution in [3.05, 3.63) is 35.1 Å². The molecule has 1 aliphatic heterocycles. The molecular weight excluding hydrogens is 221 g/mol. The lowest BCUT2D eigenvalue weighted by Crippen LogP contribution is -2.57. The van der Waals surface area contributed by atoms with Crippen LogP contribution in [0.4, 0.5) is 13.2 Å². The van der Waals surface area contributed by atoms with Crippen LogP contribution in [0.3, 0.4) is 0 Å². The van der Waals surface area contributed by atoms with Gasteiger partial charge in [0.2, 0.25) is 0 Å². The third-order valence-electron chi connectivity index (χ3n) is 2.43. The van der Waals surface area contributed by atoms with Crippen molar-refractivity contribution in [3.63, 3.8) is 0 Å². The molecule has 86 valence electrons. The second-order valence-electron chi connectivity index (χ2n) is 3.72. The van der Waals surface area contributed by atoms with Crippen LogP contribution in [0.2, 0.25) is 0 Å². The average molecular weight is 230 g/mol. The first kappa shape index (κ1) is 10.9. The SMILES string of the molecule is NC1CN(C(=O)c2cc(F)c(F)c(F)c2)C1. The van der Waals surface area contributed by atoms with Gasteiger partial charge >= 0.3 is 0 Å². The maximum Gasteiger partial charge on any atom is 0.254 e. The lowest BCUT2D eigenvalue weighted by molar-refractivity contribution is 0.0607. The van der Waals surface area contributed by atoms with Gasteiger partial charge in [0, 0.05) is 24.7 Å². The molecule has 0 bridgehead atoms. The van der Waals surface area contributed by atoms with Crippen LogP contribution >= 0.6 is 0 Å². The summed E-state index contributed by atoms with van der Waals surface area (Å²) < 4.78 is 38.3. The van der Waals surface area contributed by atoms with Gasteiger partial charge in [-0.25, -0.2) is 13.2 Å². The molecule has 0 aromatic heterocycles. The molecule has 3 nitrogen and oxygen atoms in total. The van der Waals surface area contributed by atoms with Crippen LogP contribution in [-0.2, 0) is 0 Å². The Morgan fingerprint density at radius 3 is 2.19 bits per heavy atom. The minimum Gasteiger partial charge on any atom is -0.335 e. The third-order valence-corrected chi connectivity index (χ3v) is 2.43. The lowest BCUT2D eigenvalue weighted by Gasteiger charge is -2.36. The van der Waals surface area contributed by atoms with Gasteiger partial charge in [-0.3, -0.25) is 4.79 Å². The Morgan fingerprint density at radius 2 is 1.75 bits per heavy atom. The van der Waals surface area contributed by atoms with Gasteiger partial charge in [0.15, 0.2) is 17.5 Å².